The number of anilines is 2. The van der Waals surface area contributed by atoms with Gasteiger partial charge in [0.1, 0.15) is 12.1 Å². The van der Waals surface area contributed by atoms with E-state index in [4.69, 9.17) is 22.3 Å². The number of benzene rings is 2. The number of sulfonamides is 2. The Morgan fingerprint density at radius 2 is 1.15 bits per heavy atom. The highest BCUT2D eigenvalue weighted by atomic mass is 33.1. The molecule has 0 radical (unpaired) electrons. The third kappa shape index (κ3) is 6.55. The van der Waals surface area contributed by atoms with Crippen LogP contribution in [0.2, 0.25) is 0 Å². The highest BCUT2D eigenvalue weighted by Crippen LogP contribution is 2.32. The molecule has 12 nitrogen and oxygen atoms in total. The number of carboxylic acids is 2. The van der Waals surface area contributed by atoms with E-state index in [1.54, 1.807) is 0 Å². The molecule has 0 aliphatic rings. The first-order valence-corrected chi connectivity index (χ1v) is 14.6. The predicted molar refractivity (Wildman–Crippen MR) is 130 cm³/mol. The molecule has 0 aliphatic heterocycles. The molecule has 0 heterocycles. The molecule has 2 aromatic rings. The molecule has 0 saturated heterocycles. The van der Waals surface area contributed by atoms with Crippen molar-refractivity contribution >= 4 is 64.9 Å². The van der Waals surface area contributed by atoms with Gasteiger partial charge in [-0.25, -0.2) is 16.8 Å². The van der Waals surface area contributed by atoms with Crippen LogP contribution in [0.1, 0.15) is 0 Å². The fraction of sp³-hybridized carbons (Fsp3) is 0.222. The van der Waals surface area contributed by atoms with Gasteiger partial charge in [0.05, 0.1) is 9.79 Å². The van der Waals surface area contributed by atoms with Crippen molar-refractivity contribution in [1.82, 2.24) is 3.71 Å². The lowest BCUT2D eigenvalue weighted by Crippen LogP contribution is -2.49. The number of nitrogens with two attached hydrogens (primary N) is 3. The Balaban J connectivity index is 2.53. The van der Waals surface area contributed by atoms with Gasteiger partial charge in [-0.05, 0) is 48.5 Å². The summed E-state index contributed by atoms with van der Waals surface area (Å²) in [6, 6.07) is 5.85. The molecule has 0 spiro atoms. The standard InChI is InChI=1S/C18H22N4O8S4/c19-11-1-5-13(6-2-11)33(27,28)22(34(29,30)14-7-3-12(20)4-8-14)16(18(25)26)10-32-31-9-15(21)17(23)24/h1-8,15-16H,9-10,19-21H2,(H,23,24)(H,25,26)/t15-,16-/m0/s1. The lowest BCUT2D eigenvalue weighted by molar-refractivity contribution is -0.140. The van der Waals surface area contributed by atoms with Gasteiger partial charge in [-0.3, -0.25) is 9.59 Å². The predicted octanol–water partition coefficient (Wildman–Crippen LogP) is 0.477. The van der Waals surface area contributed by atoms with Gasteiger partial charge >= 0.3 is 11.9 Å². The van der Waals surface area contributed by atoms with Crippen LogP contribution in [0.15, 0.2) is 58.3 Å². The van der Waals surface area contributed by atoms with Crippen LogP contribution in [0, 0.1) is 0 Å². The molecular weight excluding hydrogens is 528 g/mol. The van der Waals surface area contributed by atoms with Crippen molar-refractivity contribution in [3.05, 3.63) is 48.5 Å². The molecule has 8 N–H and O–H groups in total. The number of nitrogen functional groups attached to an aromatic ring is 2. The van der Waals surface area contributed by atoms with E-state index in [2.05, 4.69) is 0 Å². The van der Waals surface area contributed by atoms with Gasteiger partial charge in [-0.1, -0.05) is 25.3 Å². The monoisotopic (exact) mass is 550 g/mol. The summed E-state index contributed by atoms with van der Waals surface area (Å²) in [5.41, 5.74) is 17.0. The minimum Gasteiger partial charge on any atom is -0.480 e. The molecule has 0 bridgehead atoms. The van der Waals surface area contributed by atoms with Crippen LogP contribution in [0.25, 0.3) is 0 Å². The number of hydrogen-bond acceptors (Lipinski definition) is 11. The quantitative estimate of drug-likeness (QED) is 0.138. The Morgan fingerprint density at radius 1 is 0.765 bits per heavy atom. The average Bonchev–Trinajstić information content (AvgIpc) is 2.75. The van der Waals surface area contributed by atoms with Gasteiger partial charge in [0.15, 0.2) is 0 Å². The van der Waals surface area contributed by atoms with Crippen LogP contribution >= 0.6 is 21.6 Å². The molecule has 0 unspecified atom stereocenters. The lowest BCUT2D eigenvalue weighted by atomic mass is 10.3. The van der Waals surface area contributed by atoms with Gasteiger partial charge in [0.2, 0.25) is 0 Å². The zero-order valence-electron chi connectivity index (χ0n) is 17.3. The van der Waals surface area contributed by atoms with Crippen molar-refractivity contribution in [3.63, 3.8) is 0 Å². The minimum absolute atomic E-state index is 0.0654. The molecule has 34 heavy (non-hydrogen) atoms. The van der Waals surface area contributed by atoms with E-state index in [0.29, 0.717) is 0 Å². The second kappa shape index (κ2) is 11.3. The number of nitrogens with zero attached hydrogens (tertiary/aromatic N) is 1. The van der Waals surface area contributed by atoms with E-state index >= 15 is 0 Å². The largest absolute Gasteiger partial charge is 0.480 e. The first-order chi connectivity index (χ1) is 15.8. The Bertz CT molecular complexity index is 1160. The molecule has 0 aliphatic carbocycles. The highest BCUT2D eigenvalue weighted by molar-refractivity contribution is 8.76. The maximum Gasteiger partial charge on any atom is 0.324 e. The Kier molecular flexibility index (Phi) is 9.21. The summed E-state index contributed by atoms with van der Waals surface area (Å²) in [5.74, 6) is -3.66. The molecule has 16 heteroatoms. The number of carbonyl (C=O) groups is 2. The second-order valence-corrected chi connectivity index (χ2v) is 13.2. The highest BCUT2D eigenvalue weighted by Gasteiger charge is 2.45. The van der Waals surface area contributed by atoms with Crippen LogP contribution < -0.4 is 17.2 Å². The summed E-state index contributed by atoms with van der Waals surface area (Å²) in [7, 11) is -8.18. The van der Waals surface area contributed by atoms with Crippen molar-refractivity contribution in [1.29, 1.82) is 0 Å². The summed E-state index contributed by atoms with van der Waals surface area (Å²) < 4.78 is 53.6. The minimum atomic E-state index is -4.91. The van der Waals surface area contributed by atoms with E-state index in [1.165, 1.54) is 24.3 Å². The first-order valence-electron chi connectivity index (χ1n) is 9.25. The number of rotatable bonds is 12. The normalized spacial score (nSPS) is 13.9. The Labute approximate surface area is 204 Å². The van der Waals surface area contributed by atoms with Gasteiger partial charge in [-0.2, -0.15) is 0 Å². The maximum absolute atomic E-state index is 13.4. The molecule has 0 amide bonds. The van der Waals surface area contributed by atoms with Crippen molar-refractivity contribution in [2.24, 2.45) is 5.73 Å². The van der Waals surface area contributed by atoms with E-state index in [0.717, 1.165) is 45.9 Å². The zero-order valence-corrected chi connectivity index (χ0v) is 20.6. The van der Waals surface area contributed by atoms with Gasteiger partial charge in [0.25, 0.3) is 20.0 Å². The van der Waals surface area contributed by atoms with Crippen molar-refractivity contribution in [2.75, 3.05) is 23.0 Å². The Morgan fingerprint density at radius 3 is 1.50 bits per heavy atom. The van der Waals surface area contributed by atoms with E-state index in [-0.39, 0.29) is 20.8 Å². The number of hydrogen-bond donors (Lipinski definition) is 5. The summed E-state index contributed by atoms with van der Waals surface area (Å²) >= 11 is 0. The Hall–Kier alpha value is -2.50. The summed E-state index contributed by atoms with van der Waals surface area (Å²) in [4.78, 5) is 22.0. The van der Waals surface area contributed by atoms with Crippen LogP contribution in [-0.2, 0) is 29.6 Å². The summed E-state index contributed by atoms with van der Waals surface area (Å²) in [5, 5.41) is 18.6. The molecule has 0 aromatic heterocycles. The van der Waals surface area contributed by atoms with E-state index < -0.39 is 59.6 Å². The maximum atomic E-state index is 13.4. The molecule has 2 atom stereocenters. The average molecular weight is 551 g/mol. The molecule has 2 rings (SSSR count). The smallest absolute Gasteiger partial charge is 0.324 e. The zero-order chi connectivity index (χ0) is 25.7. The van der Waals surface area contributed by atoms with Crippen molar-refractivity contribution < 1.29 is 36.6 Å². The third-order valence-corrected chi connectivity index (χ3v) is 11.0. The molecule has 0 fully saturated rings. The third-order valence-electron chi connectivity index (χ3n) is 4.24. The van der Waals surface area contributed by atoms with Crippen LogP contribution in [-0.4, -0.2) is 66.3 Å². The topological polar surface area (TPSA) is 224 Å². The molecule has 0 saturated carbocycles. The van der Waals surface area contributed by atoms with E-state index in [1.807, 2.05) is 0 Å². The second-order valence-electron chi connectivity index (χ2n) is 6.74. The van der Waals surface area contributed by atoms with Crippen LogP contribution in [0.3, 0.4) is 0 Å². The van der Waals surface area contributed by atoms with Crippen LogP contribution in [0.5, 0.6) is 0 Å². The molecule has 2 aromatic carbocycles. The first kappa shape index (κ1) is 27.7. The van der Waals surface area contributed by atoms with Gasteiger partial charge < -0.3 is 27.4 Å². The van der Waals surface area contributed by atoms with Crippen LogP contribution in [0.4, 0.5) is 11.4 Å². The lowest BCUT2D eigenvalue weighted by Gasteiger charge is -2.27. The van der Waals surface area contributed by atoms with E-state index in [9.17, 15) is 31.5 Å². The molecular formula is C18H22N4O8S4. The number of carboxylic acid groups (broad SMARTS) is 2. The molecule has 186 valence electrons. The van der Waals surface area contributed by atoms with Gasteiger partial charge in [-0.15, -0.1) is 0 Å². The van der Waals surface area contributed by atoms with Gasteiger partial charge in [0, 0.05) is 22.9 Å². The fourth-order valence-electron chi connectivity index (χ4n) is 2.48. The van der Waals surface area contributed by atoms with Crippen molar-refractivity contribution in [3.8, 4) is 0 Å². The summed E-state index contributed by atoms with van der Waals surface area (Å²) in [6.07, 6.45) is 0. The van der Waals surface area contributed by atoms with Crippen molar-refractivity contribution in [2.45, 2.75) is 21.9 Å². The number of aliphatic carboxylic acids is 2. The fourth-order valence-corrected chi connectivity index (χ4v) is 8.90. The SMILES string of the molecule is Nc1ccc(S(=O)(=O)N([C@@H](CSSC[C@H](N)C(=O)O)C(=O)O)S(=O)(=O)c2ccc(N)cc2)cc1. The summed E-state index contributed by atoms with van der Waals surface area (Å²) in [6.45, 7) is 0.